The average molecular weight is 266 g/mol. The monoisotopic (exact) mass is 265 g/mol. The highest BCUT2D eigenvalue weighted by Crippen LogP contribution is 2.25. The van der Waals surface area contributed by atoms with E-state index in [1.54, 1.807) is 22.9 Å². The zero-order valence-electron chi connectivity index (χ0n) is 9.33. The van der Waals surface area contributed by atoms with Crippen LogP contribution in [-0.4, -0.2) is 9.78 Å². The Kier molecular flexibility index (Phi) is 3.10. The zero-order valence-corrected chi connectivity index (χ0v) is 10.8. The lowest BCUT2D eigenvalue weighted by Crippen LogP contribution is -2.01. The zero-order chi connectivity index (χ0) is 12.6. The van der Waals surface area contributed by atoms with E-state index in [0.29, 0.717) is 21.3 Å². The van der Waals surface area contributed by atoms with Gasteiger partial charge in [-0.05, 0) is 32.0 Å². The Morgan fingerprint density at radius 3 is 2.53 bits per heavy atom. The molecular weight excluding hydrogens is 257 g/mol. The Hall–Kier alpha value is -1.50. The Morgan fingerprint density at radius 2 is 2.00 bits per heavy atom. The molecule has 1 aromatic heterocycles. The van der Waals surface area contributed by atoms with E-state index in [9.17, 15) is 0 Å². The first-order valence-electron chi connectivity index (χ1n) is 4.96. The second kappa shape index (κ2) is 4.40. The van der Waals surface area contributed by atoms with Crippen molar-refractivity contribution < 1.29 is 0 Å². The molecule has 2 aromatic rings. The number of hydrogen-bond donors (Lipinski definition) is 0. The fourth-order valence-corrected chi connectivity index (χ4v) is 1.92. The average Bonchev–Trinajstić information content (AvgIpc) is 2.57. The van der Waals surface area contributed by atoms with E-state index >= 15 is 0 Å². The minimum atomic E-state index is 0.511. The molecule has 0 aliphatic heterocycles. The highest BCUT2D eigenvalue weighted by atomic mass is 35.5. The molecule has 3 nitrogen and oxygen atoms in total. The van der Waals surface area contributed by atoms with Gasteiger partial charge in [0.05, 0.1) is 27.7 Å². The van der Waals surface area contributed by atoms with Crippen LogP contribution in [0.15, 0.2) is 18.2 Å². The van der Waals surface area contributed by atoms with Gasteiger partial charge in [0.15, 0.2) is 0 Å². The smallest absolute Gasteiger partial charge is 0.101 e. The molecule has 0 unspecified atom stereocenters. The Bertz CT molecular complexity index is 623. The molecule has 5 heteroatoms. The maximum absolute atomic E-state index is 9.07. The van der Waals surface area contributed by atoms with Crippen molar-refractivity contribution in [2.45, 2.75) is 13.8 Å². The molecule has 17 heavy (non-hydrogen) atoms. The first-order valence-corrected chi connectivity index (χ1v) is 5.72. The summed E-state index contributed by atoms with van der Waals surface area (Å²) in [4.78, 5) is 0. The van der Waals surface area contributed by atoms with Crippen molar-refractivity contribution >= 4 is 23.2 Å². The van der Waals surface area contributed by atoms with Gasteiger partial charge in [-0.3, -0.25) is 0 Å². The lowest BCUT2D eigenvalue weighted by Gasteiger charge is -2.06. The molecule has 0 bridgehead atoms. The molecule has 1 aromatic carbocycles. The van der Waals surface area contributed by atoms with Gasteiger partial charge in [-0.15, -0.1) is 0 Å². The van der Waals surface area contributed by atoms with E-state index in [0.717, 1.165) is 11.4 Å². The number of nitrogens with zero attached hydrogens (tertiary/aromatic N) is 3. The second-order valence-corrected chi connectivity index (χ2v) is 4.48. The van der Waals surface area contributed by atoms with Crippen LogP contribution in [0.5, 0.6) is 0 Å². The molecule has 0 atom stereocenters. The summed E-state index contributed by atoms with van der Waals surface area (Å²) < 4.78 is 1.64. The third-order valence-electron chi connectivity index (χ3n) is 2.51. The van der Waals surface area contributed by atoms with Gasteiger partial charge in [0, 0.05) is 5.02 Å². The van der Waals surface area contributed by atoms with Crippen molar-refractivity contribution in [2.24, 2.45) is 0 Å². The van der Waals surface area contributed by atoms with Crippen LogP contribution in [0.3, 0.4) is 0 Å². The van der Waals surface area contributed by atoms with Crippen LogP contribution in [0.25, 0.3) is 5.69 Å². The minimum absolute atomic E-state index is 0.511. The summed E-state index contributed by atoms with van der Waals surface area (Å²) in [6.07, 6.45) is 0. The van der Waals surface area contributed by atoms with Gasteiger partial charge in [-0.1, -0.05) is 23.2 Å². The van der Waals surface area contributed by atoms with Crippen molar-refractivity contribution in [1.29, 1.82) is 5.26 Å². The molecule has 0 aliphatic rings. The van der Waals surface area contributed by atoms with Crippen molar-refractivity contribution in [3.63, 3.8) is 0 Å². The predicted molar refractivity (Wildman–Crippen MR) is 67.8 cm³/mol. The van der Waals surface area contributed by atoms with Crippen LogP contribution in [0, 0.1) is 25.2 Å². The van der Waals surface area contributed by atoms with Crippen molar-refractivity contribution in [3.8, 4) is 11.8 Å². The van der Waals surface area contributed by atoms with Crippen LogP contribution in [0.4, 0.5) is 0 Å². The Balaban J connectivity index is 2.72. The minimum Gasteiger partial charge on any atom is -0.235 e. The number of hydrogen-bond acceptors (Lipinski definition) is 2. The lowest BCUT2D eigenvalue weighted by molar-refractivity contribution is 0.831. The van der Waals surface area contributed by atoms with Crippen LogP contribution in [-0.2, 0) is 0 Å². The molecule has 2 rings (SSSR count). The van der Waals surface area contributed by atoms with Gasteiger partial charge < -0.3 is 0 Å². The van der Waals surface area contributed by atoms with Crippen LogP contribution in [0.1, 0.15) is 17.0 Å². The maximum atomic E-state index is 9.07. The number of aryl methyl sites for hydroxylation is 1. The van der Waals surface area contributed by atoms with Crippen LogP contribution < -0.4 is 0 Å². The summed E-state index contributed by atoms with van der Waals surface area (Å²) in [5.74, 6) is 0. The Morgan fingerprint density at radius 1 is 1.29 bits per heavy atom. The highest BCUT2D eigenvalue weighted by molar-refractivity contribution is 6.32. The summed E-state index contributed by atoms with van der Waals surface area (Å²) in [6.45, 7) is 3.67. The molecule has 0 spiro atoms. The molecule has 86 valence electrons. The SMILES string of the molecule is Cc1nn(-c2cc(Cl)ccc2C#N)c(C)c1Cl. The largest absolute Gasteiger partial charge is 0.235 e. The summed E-state index contributed by atoms with van der Waals surface area (Å²) >= 11 is 12.0. The third-order valence-corrected chi connectivity index (χ3v) is 3.29. The van der Waals surface area contributed by atoms with Gasteiger partial charge in [-0.2, -0.15) is 10.4 Å². The topological polar surface area (TPSA) is 41.6 Å². The number of rotatable bonds is 1. The normalized spacial score (nSPS) is 10.3. The first-order chi connectivity index (χ1) is 8.04. The molecular formula is C12H9Cl2N3. The fourth-order valence-electron chi connectivity index (χ4n) is 1.63. The second-order valence-electron chi connectivity index (χ2n) is 3.67. The van der Waals surface area contributed by atoms with Crippen LogP contribution in [0.2, 0.25) is 10.0 Å². The molecule has 1 heterocycles. The third kappa shape index (κ3) is 2.02. The van der Waals surface area contributed by atoms with Gasteiger partial charge in [0.2, 0.25) is 0 Å². The quantitative estimate of drug-likeness (QED) is 0.790. The Labute approximate surface area is 109 Å². The van der Waals surface area contributed by atoms with Crippen molar-refractivity contribution in [3.05, 3.63) is 45.2 Å². The van der Waals surface area contributed by atoms with E-state index in [-0.39, 0.29) is 0 Å². The summed E-state index contributed by atoms with van der Waals surface area (Å²) in [5, 5.41) is 14.5. The van der Waals surface area contributed by atoms with E-state index < -0.39 is 0 Å². The number of nitriles is 1. The number of benzene rings is 1. The number of halogens is 2. The van der Waals surface area contributed by atoms with E-state index in [2.05, 4.69) is 11.2 Å². The molecule has 0 aliphatic carbocycles. The van der Waals surface area contributed by atoms with Gasteiger partial charge in [0.25, 0.3) is 0 Å². The fraction of sp³-hybridized carbons (Fsp3) is 0.167. The lowest BCUT2D eigenvalue weighted by atomic mass is 10.2. The van der Waals surface area contributed by atoms with Gasteiger partial charge in [-0.25, -0.2) is 4.68 Å². The van der Waals surface area contributed by atoms with Crippen molar-refractivity contribution in [2.75, 3.05) is 0 Å². The summed E-state index contributed by atoms with van der Waals surface area (Å²) in [7, 11) is 0. The summed E-state index contributed by atoms with van der Waals surface area (Å²) in [5.41, 5.74) is 2.68. The van der Waals surface area contributed by atoms with Crippen molar-refractivity contribution in [1.82, 2.24) is 9.78 Å². The molecule has 0 N–H and O–H groups in total. The molecule has 0 radical (unpaired) electrons. The predicted octanol–water partition coefficient (Wildman–Crippen LogP) is 3.67. The van der Waals surface area contributed by atoms with E-state index in [1.807, 2.05) is 13.8 Å². The number of aromatic nitrogens is 2. The molecule has 0 saturated heterocycles. The molecule has 0 fully saturated rings. The highest BCUT2D eigenvalue weighted by Gasteiger charge is 2.13. The van der Waals surface area contributed by atoms with Gasteiger partial charge in [0.1, 0.15) is 6.07 Å². The summed E-state index contributed by atoms with van der Waals surface area (Å²) in [6, 6.07) is 7.17. The van der Waals surface area contributed by atoms with E-state index in [1.165, 1.54) is 0 Å². The van der Waals surface area contributed by atoms with E-state index in [4.69, 9.17) is 28.5 Å². The van der Waals surface area contributed by atoms with Gasteiger partial charge >= 0.3 is 0 Å². The molecule has 0 amide bonds. The standard InChI is InChI=1S/C12H9Cl2N3/c1-7-12(14)8(2)17(16-7)11-5-10(13)4-3-9(11)6-15/h3-5H,1-2H3. The first kappa shape index (κ1) is 12.0. The maximum Gasteiger partial charge on any atom is 0.101 e. The van der Waals surface area contributed by atoms with Crippen LogP contribution >= 0.6 is 23.2 Å². The molecule has 0 saturated carbocycles.